The van der Waals surface area contributed by atoms with E-state index in [2.05, 4.69) is 17.8 Å². The molecule has 8 nitrogen and oxygen atoms in total. The first kappa shape index (κ1) is 22.6. The minimum atomic E-state index is -0.448. The maximum absolute atomic E-state index is 12.4. The van der Waals surface area contributed by atoms with Crippen LogP contribution in [-0.2, 0) is 4.79 Å². The van der Waals surface area contributed by atoms with Gasteiger partial charge in [-0.05, 0) is 42.8 Å². The second kappa shape index (κ2) is 11.4. The zero-order chi connectivity index (χ0) is 22.1. The summed E-state index contributed by atoms with van der Waals surface area (Å²) >= 11 is 1.33. The summed E-state index contributed by atoms with van der Waals surface area (Å²) in [6, 6.07) is 10.4. The first-order valence-electron chi connectivity index (χ1n) is 10.0. The molecule has 0 atom stereocenters. The van der Waals surface area contributed by atoms with Gasteiger partial charge in [-0.25, -0.2) is 0 Å². The third kappa shape index (κ3) is 6.45. The molecule has 0 aliphatic carbocycles. The fraction of sp³-hybridized carbons (Fsp3) is 0.364. The molecule has 0 saturated carbocycles. The van der Waals surface area contributed by atoms with E-state index in [9.17, 15) is 9.59 Å². The van der Waals surface area contributed by atoms with Gasteiger partial charge < -0.3 is 18.9 Å². The van der Waals surface area contributed by atoms with E-state index in [-0.39, 0.29) is 11.7 Å². The number of ether oxygens (including phenoxy) is 4. The molecule has 2 aromatic carbocycles. The summed E-state index contributed by atoms with van der Waals surface area (Å²) in [7, 11) is 1.51. The lowest BCUT2D eigenvalue weighted by Gasteiger charge is -2.18. The second-order valence-electron chi connectivity index (χ2n) is 6.66. The first-order valence-corrected chi connectivity index (χ1v) is 11.0. The molecule has 3 rings (SSSR count). The Morgan fingerprint density at radius 1 is 1.03 bits per heavy atom. The van der Waals surface area contributed by atoms with Crippen LogP contribution in [0.5, 0.6) is 23.0 Å². The van der Waals surface area contributed by atoms with Crippen molar-refractivity contribution in [1.29, 1.82) is 0 Å². The molecule has 0 aromatic heterocycles. The van der Waals surface area contributed by atoms with Gasteiger partial charge in [0, 0.05) is 10.5 Å². The lowest BCUT2D eigenvalue weighted by atomic mass is 10.2. The van der Waals surface area contributed by atoms with Crippen LogP contribution in [0.15, 0.2) is 41.3 Å². The Balaban J connectivity index is 1.48. The van der Waals surface area contributed by atoms with Gasteiger partial charge in [-0.1, -0.05) is 13.3 Å². The molecule has 0 fully saturated rings. The Hall–Kier alpha value is -3.07. The Bertz CT molecular complexity index is 921. The smallest absolute Gasteiger partial charge is 0.269 e. The highest BCUT2D eigenvalue weighted by Gasteiger charge is 2.14. The quantitative estimate of drug-likeness (QED) is 0.347. The predicted molar refractivity (Wildman–Crippen MR) is 117 cm³/mol. The molecular formula is C22H26N2O6S. The van der Waals surface area contributed by atoms with Crippen molar-refractivity contribution >= 4 is 23.6 Å². The van der Waals surface area contributed by atoms with E-state index in [0.717, 1.165) is 17.7 Å². The van der Waals surface area contributed by atoms with Gasteiger partial charge in [0.2, 0.25) is 5.91 Å². The van der Waals surface area contributed by atoms with Crippen molar-refractivity contribution in [3.8, 4) is 23.0 Å². The minimum Gasteiger partial charge on any atom is -0.493 e. The van der Waals surface area contributed by atoms with Crippen LogP contribution in [0.2, 0.25) is 0 Å². The van der Waals surface area contributed by atoms with Gasteiger partial charge in [-0.3, -0.25) is 20.4 Å². The third-order valence-corrected chi connectivity index (χ3v) is 5.37. The van der Waals surface area contributed by atoms with E-state index in [1.165, 1.54) is 18.9 Å². The van der Waals surface area contributed by atoms with E-state index < -0.39 is 5.91 Å². The van der Waals surface area contributed by atoms with Crippen LogP contribution in [0.3, 0.4) is 0 Å². The summed E-state index contributed by atoms with van der Waals surface area (Å²) in [5.74, 6) is 1.76. The van der Waals surface area contributed by atoms with Crippen molar-refractivity contribution in [1.82, 2.24) is 10.9 Å². The summed E-state index contributed by atoms with van der Waals surface area (Å²) in [6.45, 7) is 3.69. The Morgan fingerprint density at radius 2 is 1.84 bits per heavy atom. The van der Waals surface area contributed by atoms with Crippen molar-refractivity contribution < 1.29 is 28.5 Å². The van der Waals surface area contributed by atoms with Crippen molar-refractivity contribution in [2.24, 2.45) is 0 Å². The van der Waals surface area contributed by atoms with Crippen LogP contribution in [0.25, 0.3) is 0 Å². The maximum atomic E-state index is 12.4. The summed E-state index contributed by atoms with van der Waals surface area (Å²) in [5, 5.41) is 0. The molecule has 1 aliphatic rings. The number of benzene rings is 2. The SMILES string of the molecule is CCCCOc1ccc(C(=O)NNC(=O)CSc2ccc3c(c2)OCCO3)cc1OC. The zero-order valence-corrected chi connectivity index (χ0v) is 18.4. The van der Waals surface area contributed by atoms with Crippen molar-refractivity contribution in [2.45, 2.75) is 24.7 Å². The topological polar surface area (TPSA) is 95.1 Å². The van der Waals surface area contributed by atoms with Crippen LogP contribution in [0.1, 0.15) is 30.1 Å². The number of methoxy groups -OCH3 is 1. The molecule has 31 heavy (non-hydrogen) atoms. The van der Waals surface area contributed by atoms with E-state index in [4.69, 9.17) is 18.9 Å². The van der Waals surface area contributed by atoms with Gasteiger partial charge in [0.25, 0.3) is 5.91 Å². The van der Waals surface area contributed by atoms with Gasteiger partial charge >= 0.3 is 0 Å². The number of hydrogen-bond donors (Lipinski definition) is 2. The van der Waals surface area contributed by atoms with Crippen LogP contribution in [0, 0.1) is 0 Å². The van der Waals surface area contributed by atoms with Crippen LogP contribution < -0.4 is 29.8 Å². The molecule has 166 valence electrons. The minimum absolute atomic E-state index is 0.132. The molecule has 0 saturated heterocycles. The lowest BCUT2D eigenvalue weighted by Crippen LogP contribution is -2.42. The number of nitrogens with one attached hydrogen (secondary N) is 2. The molecule has 1 aliphatic heterocycles. The molecule has 0 spiro atoms. The standard InChI is InChI=1S/C22H26N2O6S/c1-3-4-9-28-17-7-5-15(12-19(17)27-2)22(26)24-23-21(25)14-31-16-6-8-18-20(13-16)30-11-10-29-18/h5-8,12-13H,3-4,9-11,14H2,1-2H3,(H,23,25)(H,24,26). The van der Waals surface area contributed by atoms with Gasteiger partial charge in [0.05, 0.1) is 19.5 Å². The number of hydrogen-bond acceptors (Lipinski definition) is 7. The molecule has 0 radical (unpaired) electrons. The number of thioether (sulfide) groups is 1. The summed E-state index contributed by atoms with van der Waals surface area (Å²) < 4.78 is 22.0. The van der Waals surface area contributed by atoms with E-state index in [1.807, 2.05) is 18.2 Å². The molecule has 0 unspecified atom stereocenters. The fourth-order valence-corrected chi connectivity index (χ4v) is 3.48. The maximum Gasteiger partial charge on any atom is 0.269 e. The highest BCUT2D eigenvalue weighted by Crippen LogP contribution is 2.34. The Morgan fingerprint density at radius 3 is 2.61 bits per heavy atom. The van der Waals surface area contributed by atoms with Crippen molar-refractivity contribution in [3.63, 3.8) is 0 Å². The van der Waals surface area contributed by atoms with Crippen molar-refractivity contribution in [3.05, 3.63) is 42.0 Å². The summed E-state index contributed by atoms with van der Waals surface area (Å²) in [5.41, 5.74) is 5.18. The second-order valence-corrected chi connectivity index (χ2v) is 7.71. The van der Waals surface area contributed by atoms with Gasteiger partial charge in [0.1, 0.15) is 13.2 Å². The Kier molecular flexibility index (Phi) is 8.28. The fourth-order valence-electron chi connectivity index (χ4n) is 2.75. The number of amides is 2. The Labute approximate surface area is 185 Å². The summed E-state index contributed by atoms with van der Waals surface area (Å²) in [4.78, 5) is 25.4. The van der Waals surface area contributed by atoms with E-state index in [0.29, 0.717) is 48.4 Å². The average Bonchev–Trinajstić information content (AvgIpc) is 2.81. The van der Waals surface area contributed by atoms with Crippen LogP contribution in [0.4, 0.5) is 0 Å². The average molecular weight is 447 g/mol. The van der Waals surface area contributed by atoms with Gasteiger partial charge in [-0.15, -0.1) is 11.8 Å². The summed E-state index contributed by atoms with van der Waals surface area (Å²) in [6.07, 6.45) is 1.96. The molecule has 9 heteroatoms. The number of carbonyl (C=O) groups is 2. The highest BCUT2D eigenvalue weighted by molar-refractivity contribution is 8.00. The number of unbranched alkanes of at least 4 members (excludes halogenated alkanes) is 1. The molecule has 2 N–H and O–H groups in total. The van der Waals surface area contributed by atoms with E-state index >= 15 is 0 Å². The molecule has 1 heterocycles. The van der Waals surface area contributed by atoms with Crippen LogP contribution >= 0.6 is 11.8 Å². The predicted octanol–water partition coefficient (Wildman–Crippen LogP) is 3.20. The molecule has 2 aromatic rings. The van der Waals surface area contributed by atoms with Crippen molar-refractivity contribution in [2.75, 3.05) is 32.7 Å². The number of rotatable bonds is 9. The van der Waals surface area contributed by atoms with Crippen LogP contribution in [-0.4, -0.2) is 44.5 Å². The lowest BCUT2D eigenvalue weighted by molar-refractivity contribution is -0.119. The van der Waals surface area contributed by atoms with Gasteiger partial charge in [0.15, 0.2) is 23.0 Å². The molecule has 0 bridgehead atoms. The largest absolute Gasteiger partial charge is 0.493 e. The molecular weight excluding hydrogens is 420 g/mol. The number of hydrazine groups is 1. The third-order valence-electron chi connectivity index (χ3n) is 4.38. The molecule has 2 amide bonds. The highest BCUT2D eigenvalue weighted by atomic mass is 32.2. The number of fused-ring (bicyclic) bond motifs is 1. The van der Waals surface area contributed by atoms with E-state index in [1.54, 1.807) is 18.2 Å². The number of carbonyl (C=O) groups excluding carboxylic acids is 2. The monoisotopic (exact) mass is 446 g/mol. The normalized spacial score (nSPS) is 12.1. The zero-order valence-electron chi connectivity index (χ0n) is 17.6. The van der Waals surface area contributed by atoms with Gasteiger partial charge in [-0.2, -0.15) is 0 Å². The first-order chi connectivity index (χ1) is 15.1.